The Bertz CT molecular complexity index is 357. The first-order valence-electron chi connectivity index (χ1n) is 6.36. The highest BCUT2D eigenvalue weighted by atomic mass is 35.5. The Balaban J connectivity index is 2.09. The fourth-order valence-electron chi connectivity index (χ4n) is 2.34. The lowest BCUT2D eigenvalue weighted by Crippen LogP contribution is -2.16. The van der Waals surface area contributed by atoms with Crippen molar-refractivity contribution >= 4 is 11.6 Å². The Hall–Kier alpha value is -0.730. The van der Waals surface area contributed by atoms with Crippen LogP contribution in [0.5, 0.6) is 5.75 Å². The molecule has 1 aromatic rings. The molecule has 0 saturated heterocycles. The molecule has 1 N–H and O–H groups in total. The first-order valence-corrected chi connectivity index (χ1v) is 6.74. The molecule has 3 heteroatoms. The van der Waals surface area contributed by atoms with E-state index >= 15 is 0 Å². The maximum Gasteiger partial charge on any atom is 0.126 e. The summed E-state index contributed by atoms with van der Waals surface area (Å²) in [7, 11) is 0. The Morgan fingerprint density at radius 3 is 2.53 bits per heavy atom. The summed E-state index contributed by atoms with van der Waals surface area (Å²) < 4.78 is 5.99. The van der Waals surface area contributed by atoms with Gasteiger partial charge in [0.25, 0.3) is 0 Å². The number of aliphatic hydroxyl groups excluding tert-OH is 1. The van der Waals surface area contributed by atoms with Crippen molar-refractivity contribution in [3.05, 3.63) is 28.8 Å². The first-order chi connectivity index (χ1) is 8.31. The minimum atomic E-state index is -0.0677. The molecule has 0 spiro atoms. The Morgan fingerprint density at radius 2 is 1.88 bits per heavy atom. The molecule has 0 bridgehead atoms. The molecule has 0 aromatic heterocycles. The maximum absolute atomic E-state index is 9.32. The number of aliphatic hydroxyl groups is 1. The number of benzene rings is 1. The summed E-state index contributed by atoms with van der Waals surface area (Å²) in [5.74, 6) is 0.743. The van der Waals surface area contributed by atoms with E-state index in [0.29, 0.717) is 10.6 Å². The largest absolute Gasteiger partial charge is 0.490 e. The zero-order valence-electron chi connectivity index (χ0n) is 9.99. The highest BCUT2D eigenvalue weighted by Gasteiger charge is 2.16. The zero-order chi connectivity index (χ0) is 12.1. The number of halogens is 1. The van der Waals surface area contributed by atoms with Crippen molar-refractivity contribution in [2.75, 3.05) is 0 Å². The van der Waals surface area contributed by atoms with Crippen LogP contribution in [0, 0.1) is 0 Å². The van der Waals surface area contributed by atoms with Crippen LogP contribution in [0.2, 0.25) is 5.02 Å². The molecule has 0 unspecified atom stereocenters. The molecular weight excluding hydrogens is 236 g/mol. The van der Waals surface area contributed by atoms with Crippen molar-refractivity contribution in [1.82, 2.24) is 0 Å². The van der Waals surface area contributed by atoms with Crippen LogP contribution < -0.4 is 4.74 Å². The van der Waals surface area contributed by atoms with Gasteiger partial charge in [0.1, 0.15) is 5.75 Å². The summed E-state index contributed by atoms with van der Waals surface area (Å²) >= 11 is 6.04. The molecule has 17 heavy (non-hydrogen) atoms. The average Bonchev–Trinajstić information content (AvgIpc) is 2.58. The summed E-state index contributed by atoms with van der Waals surface area (Å²) in [6.07, 6.45) is 7.58. The maximum atomic E-state index is 9.32. The van der Waals surface area contributed by atoms with E-state index in [0.717, 1.165) is 18.6 Å². The minimum absolute atomic E-state index is 0.0677. The van der Waals surface area contributed by atoms with Crippen molar-refractivity contribution in [2.24, 2.45) is 0 Å². The number of hydrogen-bond donors (Lipinski definition) is 1. The second kappa shape index (κ2) is 6.27. The quantitative estimate of drug-likeness (QED) is 0.828. The van der Waals surface area contributed by atoms with E-state index < -0.39 is 0 Å². The molecule has 94 valence electrons. The lowest BCUT2D eigenvalue weighted by molar-refractivity contribution is 0.176. The van der Waals surface area contributed by atoms with E-state index in [-0.39, 0.29) is 12.7 Å². The summed E-state index contributed by atoms with van der Waals surface area (Å²) in [5, 5.41) is 9.90. The number of hydrogen-bond acceptors (Lipinski definition) is 2. The van der Waals surface area contributed by atoms with E-state index in [1.165, 1.54) is 25.7 Å². The summed E-state index contributed by atoms with van der Waals surface area (Å²) in [4.78, 5) is 0. The highest BCUT2D eigenvalue weighted by Crippen LogP contribution is 2.29. The number of rotatable bonds is 3. The van der Waals surface area contributed by atoms with Crippen LogP contribution in [0.3, 0.4) is 0 Å². The zero-order valence-corrected chi connectivity index (χ0v) is 10.7. The summed E-state index contributed by atoms with van der Waals surface area (Å²) in [6.45, 7) is -0.0677. The molecule has 0 aliphatic heterocycles. The molecule has 0 heterocycles. The van der Waals surface area contributed by atoms with Crippen LogP contribution >= 0.6 is 11.6 Å². The Labute approximate surface area is 108 Å². The van der Waals surface area contributed by atoms with Gasteiger partial charge in [0.05, 0.1) is 12.7 Å². The van der Waals surface area contributed by atoms with Crippen molar-refractivity contribution in [3.8, 4) is 5.75 Å². The molecule has 1 saturated carbocycles. The highest BCUT2D eigenvalue weighted by molar-refractivity contribution is 6.31. The van der Waals surface area contributed by atoms with Gasteiger partial charge in [-0.15, -0.1) is 0 Å². The summed E-state index contributed by atoms with van der Waals surface area (Å²) in [6, 6.07) is 5.54. The van der Waals surface area contributed by atoms with Gasteiger partial charge in [-0.1, -0.05) is 30.5 Å². The van der Waals surface area contributed by atoms with Gasteiger partial charge in [0.15, 0.2) is 0 Å². The van der Waals surface area contributed by atoms with Gasteiger partial charge in [-0.2, -0.15) is 0 Å². The molecule has 0 atom stereocenters. The average molecular weight is 255 g/mol. The molecule has 0 amide bonds. The molecule has 1 aromatic carbocycles. The van der Waals surface area contributed by atoms with E-state index in [1.807, 2.05) is 12.1 Å². The predicted octanol–water partition coefficient (Wildman–Crippen LogP) is 3.93. The molecule has 1 aliphatic carbocycles. The van der Waals surface area contributed by atoms with Crippen molar-refractivity contribution in [3.63, 3.8) is 0 Å². The fourth-order valence-corrected chi connectivity index (χ4v) is 2.57. The lowest BCUT2D eigenvalue weighted by atomic mass is 10.1. The fraction of sp³-hybridized carbons (Fsp3) is 0.571. The third-order valence-electron chi connectivity index (χ3n) is 3.33. The normalized spacial score (nSPS) is 17.8. The SMILES string of the molecule is OCc1c(Cl)cccc1OC1CCCCCC1. The third-order valence-corrected chi connectivity index (χ3v) is 3.68. The van der Waals surface area contributed by atoms with Crippen molar-refractivity contribution in [2.45, 2.75) is 51.2 Å². The van der Waals surface area contributed by atoms with E-state index in [9.17, 15) is 5.11 Å². The van der Waals surface area contributed by atoms with Gasteiger partial charge < -0.3 is 9.84 Å². The second-order valence-corrected chi connectivity index (χ2v) is 5.01. The Morgan fingerprint density at radius 1 is 1.18 bits per heavy atom. The van der Waals surface area contributed by atoms with Gasteiger partial charge in [-0.05, 0) is 37.8 Å². The predicted molar refractivity (Wildman–Crippen MR) is 69.5 cm³/mol. The molecule has 0 radical (unpaired) electrons. The molecular formula is C14H19ClO2. The van der Waals surface area contributed by atoms with Gasteiger partial charge in [-0.25, -0.2) is 0 Å². The van der Waals surface area contributed by atoms with Crippen LogP contribution in [-0.2, 0) is 6.61 Å². The third kappa shape index (κ3) is 3.36. The Kier molecular flexibility index (Phi) is 4.69. The minimum Gasteiger partial charge on any atom is -0.490 e. The van der Waals surface area contributed by atoms with E-state index in [4.69, 9.17) is 16.3 Å². The first kappa shape index (κ1) is 12.7. The topological polar surface area (TPSA) is 29.5 Å². The van der Waals surface area contributed by atoms with Gasteiger partial charge in [0, 0.05) is 10.6 Å². The molecule has 1 aliphatic rings. The van der Waals surface area contributed by atoms with Crippen LogP contribution in [0.4, 0.5) is 0 Å². The smallest absolute Gasteiger partial charge is 0.126 e. The van der Waals surface area contributed by atoms with Gasteiger partial charge >= 0.3 is 0 Å². The standard InChI is InChI=1S/C14H19ClO2/c15-13-8-5-9-14(12(13)10-16)17-11-6-3-1-2-4-7-11/h5,8-9,11,16H,1-4,6-7,10H2. The second-order valence-electron chi connectivity index (χ2n) is 4.61. The summed E-state index contributed by atoms with van der Waals surface area (Å²) in [5.41, 5.74) is 0.707. The van der Waals surface area contributed by atoms with Gasteiger partial charge in [-0.3, -0.25) is 0 Å². The molecule has 2 nitrogen and oxygen atoms in total. The van der Waals surface area contributed by atoms with Crippen LogP contribution in [0.15, 0.2) is 18.2 Å². The molecule has 1 fully saturated rings. The van der Waals surface area contributed by atoms with Crippen molar-refractivity contribution in [1.29, 1.82) is 0 Å². The van der Waals surface area contributed by atoms with E-state index in [1.54, 1.807) is 6.07 Å². The van der Waals surface area contributed by atoms with Crippen molar-refractivity contribution < 1.29 is 9.84 Å². The molecule has 2 rings (SSSR count). The van der Waals surface area contributed by atoms with Crippen LogP contribution in [-0.4, -0.2) is 11.2 Å². The van der Waals surface area contributed by atoms with Gasteiger partial charge in [0.2, 0.25) is 0 Å². The lowest BCUT2D eigenvalue weighted by Gasteiger charge is -2.19. The van der Waals surface area contributed by atoms with Crippen LogP contribution in [0.1, 0.15) is 44.1 Å². The number of ether oxygens (including phenoxy) is 1. The monoisotopic (exact) mass is 254 g/mol. The van der Waals surface area contributed by atoms with Crippen LogP contribution in [0.25, 0.3) is 0 Å². The van der Waals surface area contributed by atoms with E-state index in [2.05, 4.69) is 0 Å².